The largest absolute Gasteiger partial charge is 0.326 e. The van der Waals surface area contributed by atoms with E-state index in [4.69, 9.17) is 0 Å². The van der Waals surface area contributed by atoms with E-state index in [0.29, 0.717) is 6.42 Å². The normalized spacial score (nSPS) is 13.7. The van der Waals surface area contributed by atoms with Crippen LogP contribution < -0.4 is 5.32 Å². The van der Waals surface area contributed by atoms with Crippen LogP contribution in [0.4, 0.5) is 5.69 Å². The molecule has 0 atom stereocenters. The van der Waals surface area contributed by atoms with E-state index in [-0.39, 0.29) is 5.91 Å². The van der Waals surface area contributed by atoms with Gasteiger partial charge in [-0.05, 0) is 28.6 Å². The van der Waals surface area contributed by atoms with Gasteiger partial charge in [-0.15, -0.1) is 11.3 Å². The first-order valence-electron chi connectivity index (χ1n) is 4.79. The lowest BCUT2D eigenvalue weighted by molar-refractivity contribution is -0.115. The third-order valence-corrected chi connectivity index (χ3v) is 3.46. The van der Waals surface area contributed by atoms with Crippen LogP contribution in [0.3, 0.4) is 0 Å². The van der Waals surface area contributed by atoms with Gasteiger partial charge in [-0.2, -0.15) is 0 Å². The minimum absolute atomic E-state index is 0.0910. The van der Waals surface area contributed by atoms with Gasteiger partial charge in [-0.3, -0.25) is 4.79 Å². The summed E-state index contributed by atoms with van der Waals surface area (Å²) in [5.41, 5.74) is 3.23. The predicted molar refractivity (Wildman–Crippen MR) is 62.1 cm³/mol. The van der Waals surface area contributed by atoms with Crippen molar-refractivity contribution in [3.05, 3.63) is 41.3 Å². The lowest BCUT2D eigenvalue weighted by Gasteiger charge is -2.01. The molecule has 0 spiro atoms. The number of hydrogen-bond donors (Lipinski definition) is 1. The smallest absolute Gasteiger partial charge is 0.228 e. The first-order chi connectivity index (χ1) is 7.33. The van der Waals surface area contributed by atoms with E-state index in [1.807, 2.05) is 18.2 Å². The highest BCUT2D eigenvalue weighted by atomic mass is 32.1. The van der Waals surface area contributed by atoms with Gasteiger partial charge >= 0.3 is 0 Å². The molecular weight excluding hydrogens is 206 g/mol. The SMILES string of the molecule is O=C1Cc2ccc(-c3cccs3)cc2N1. The van der Waals surface area contributed by atoms with Crippen molar-refractivity contribution in [2.45, 2.75) is 6.42 Å². The Kier molecular flexibility index (Phi) is 1.86. The molecule has 0 unspecified atom stereocenters. The van der Waals surface area contributed by atoms with E-state index in [9.17, 15) is 4.79 Å². The molecule has 0 aliphatic carbocycles. The number of anilines is 1. The number of thiophene rings is 1. The van der Waals surface area contributed by atoms with Crippen LogP contribution in [-0.4, -0.2) is 5.91 Å². The molecule has 3 heteroatoms. The fourth-order valence-corrected chi connectivity index (χ4v) is 2.53. The number of hydrogen-bond acceptors (Lipinski definition) is 2. The van der Waals surface area contributed by atoms with Gasteiger partial charge < -0.3 is 5.32 Å². The minimum atomic E-state index is 0.0910. The van der Waals surface area contributed by atoms with Crippen molar-refractivity contribution in [3.63, 3.8) is 0 Å². The molecule has 0 bridgehead atoms. The van der Waals surface area contributed by atoms with Crippen molar-refractivity contribution in [1.82, 2.24) is 0 Å². The molecule has 0 saturated carbocycles. The second-order valence-corrected chi connectivity index (χ2v) is 4.52. The summed E-state index contributed by atoms with van der Waals surface area (Å²) in [5, 5.41) is 4.92. The van der Waals surface area contributed by atoms with Crippen molar-refractivity contribution >= 4 is 22.9 Å². The van der Waals surface area contributed by atoms with Crippen LogP contribution in [0.5, 0.6) is 0 Å². The van der Waals surface area contributed by atoms with Crippen LogP contribution in [0.1, 0.15) is 5.56 Å². The molecule has 3 rings (SSSR count). The summed E-state index contributed by atoms with van der Waals surface area (Å²) < 4.78 is 0. The molecule has 0 radical (unpaired) electrons. The van der Waals surface area contributed by atoms with E-state index >= 15 is 0 Å². The van der Waals surface area contributed by atoms with Gasteiger partial charge in [0, 0.05) is 10.6 Å². The van der Waals surface area contributed by atoms with E-state index in [0.717, 1.165) is 11.3 Å². The molecule has 2 nitrogen and oxygen atoms in total. The molecule has 1 N–H and O–H groups in total. The summed E-state index contributed by atoms with van der Waals surface area (Å²) in [6, 6.07) is 10.3. The zero-order valence-electron chi connectivity index (χ0n) is 7.99. The molecular formula is C12H9NOS. The van der Waals surface area contributed by atoms with Crippen LogP contribution in [0.2, 0.25) is 0 Å². The molecule has 1 aromatic carbocycles. The highest BCUT2D eigenvalue weighted by Gasteiger charge is 2.17. The summed E-state index contributed by atoms with van der Waals surface area (Å²) in [4.78, 5) is 12.4. The van der Waals surface area contributed by atoms with E-state index in [1.165, 1.54) is 10.4 Å². The van der Waals surface area contributed by atoms with Gasteiger partial charge in [0.05, 0.1) is 6.42 Å². The maximum atomic E-state index is 11.2. The summed E-state index contributed by atoms with van der Waals surface area (Å²) in [7, 11) is 0. The summed E-state index contributed by atoms with van der Waals surface area (Å²) in [6.07, 6.45) is 0.514. The number of carbonyl (C=O) groups excluding carboxylic acids is 1. The average Bonchev–Trinajstić information content (AvgIpc) is 2.82. The molecule has 0 saturated heterocycles. The maximum absolute atomic E-state index is 11.2. The summed E-state index contributed by atoms with van der Waals surface area (Å²) in [6.45, 7) is 0. The molecule has 15 heavy (non-hydrogen) atoms. The van der Waals surface area contributed by atoms with Gasteiger partial charge in [0.15, 0.2) is 0 Å². The summed E-state index contributed by atoms with van der Waals surface area (Å²) in [5.74, 6) is 0.0910. The first-order valence-corrected chi connectivity index (χ1v) is 5.67. The molecule has 0 fully saturated rings. The Balaban J connectivity index is 2.07. The number of fused-ring (bicyclic) bond motifs is 1. The Bertz CT molecular complexity index is 516. The Morgan fingerprint density at radius 3 is 3.00 bits per heavy atom. The molecule has 1 aromatic heterocycles. The molecule has 1 aliphatic heterocycles. The van der Waals surface area contributed by atoms with E-state index in [1.54, 1.807) is 11.3 Å². The Labute approximate surface area is 91.6 Å². The van der Waals surface area contributed by atoms with Gasteiger partial charge in [-0.1, -0.05) is 18.2 Å². The Morgan fingerprint density at radius 2 is 2.20 bits per heavy atom. The van der Waals surface area contributed by atoms with Crippen molar-refractivity contribution < 1.29 is 4.79 Å². The standard InChI is InChI=1S/C12H9NOS/c14-12-7-8-3-4-9(6-10(8)13-12)11-2-1-5-15-11/h1-6H,7H2,(H,13,14). The maximum Gasteiger partial charge on any atom is 0.228 e. The summed E-state index contributed by atoms with van der Waals surface area (Å²) >= 11 is 1.71. The minimum Gasteiger partial charge on any atom is -0.326 e. The highest BCUT2D eigenvalue weighted by Crippen LogP contribution is 2.31. The second-order valence-electron chi connectivity index (χ2n) is 3.57. The highest BCUT2D eigenvalue weighted by molar-refractivity contribution is 7.13. The van der Waals surface area contributed by atoms with Crippen LogP contribution in [0.15, 0.2) is 35.7 Å². The lowest BCUT2D eigenvalue weighted by Crippen LogP contribution is -2.03. The number of rotatable bonds is 1. The number of nitrogens with one attached hydrogen (secondary N) is 1. The van der Waals surface area contributed by atoms with Crippen LogP contribution >= 0.6 is 11.3 Å². The monoisotopic (exact) mass is 215 g/mol. The third kappa shape index (κ3) is 1.45. The van der Waals surface area contributed by atoms with Gasteiger partial charge in [0.1, 0.15) is 0 Å². The van der Waals surface area contributed by atoms with Crippen molar-refractivity contribution in [2.75, 3.05) is 5.32 Å². The molecule has 74 valence electrons. The molecule has 2 heterocycles. The van der Waals surface area contributed by atoms with Crippen molar-refractivity contribution in [1.29, 1.82) is 0 Å². The van der Waals surface area contributed by atoms with Crippen LogP contribution in [0.25, 0.3) is 10.4 Å². The molecule has 1 aliphatic rings. The zero-order chi connectivity index (χ0) is 10.3. The fraction of sp³-hybridized carbons (Fsp3) is 0.0833. The molecule has 1 amide bonds. The van der Waals surface area contributed by atoms with Gasteiger partial charge in [0.2, 0.25) is 5.91 Å². The van der Waals surface area contributed by atoms with E-state index in [2.05, 4.69) is 22.8 Å². The first kappa shape index (κ1) is 8.68. The topological polar surface area (TPSA) is 29.1 Å². The quantitative estimate of drug-likeness (QED) is 0.778. The fourth-order valence-electron chi connectivity index (χ4n) is 1.81. The molecule has 2 aromatic rings. The van der Waals surface area contributed by atoms with Gasteiger partial charge in [-0.25, -0.2) is 0 Å². The second kappa shape index (κ2) is 3.21. The Hall–Kier alpha value is -1.61. The van der Waals surface area contributed by atoms with Crippen molar-refractivity contribution in [3.8, 4) is 10.4 Å². The van der Waals surface area contributed by atoms with Crippen molar-refractivity contribution in [2.24, 2.45) is 0 Å². The predicted octanol–water partition coefficient (Wildman–Crippen LogP) is 2.91. The van der Waals surface area contributed by atoms with Crippen LogP contribution in [0, 0.1) is 0 Å². The number of amides is 1. The van der Waals surface area contributed by atoms with E-state index < -0.39 is 0 Å². The Morgan fingerprint density at radius 1 is 1.27 bits per heavy atom. The lowest BCUT2D eigenvalue weighted by atomic mass is 10.1. The number of benzene rings is 1. The zero-order valence-corrected chi connectivity index (χ0v) is 8.80. The van der Waals surface area contributed by atoms with Gasteiger partial charge in [0.25, 0.3) is 0 Å². The third-order valence-electron chi connectivity index (χ3n) is 2.54. The van der Waals surface area contributed by atoms with Crippen LogP contribution in [-0.2, 0) is 11.2 Å². The average molecular weight is 215 g/mol. The number of carbonyl (C=O) groups is 1.